The molecule has 0 saturated carbocycles. The quantitative estimate of drug-likeness (QED) is 0.881. The van der Waals surface area contributed by atoms with Gasteiger partial charge in [-0.1, -0.05) is 11.6 Å². The molecular formula is C11H6ClN3O2. The minimum Gasteiger partial charge on any atom is -0.478 e. The molecule has 0 radical (unpaired) electrons. The molecule has 0 aliphatic rings. The fourth-order valence-electron chi connectivity index (χ4n) is 1.31. The van der Waals surface area contributed by atoms with Crippen LogP contribution < -0.4 is 0 Å². The zero-order valence-electron chi connectivity index (χ0n) is 8.46. The molecular weight excluding hydrogens is 242 g/mol. The molecule has 6 heteroatoms. The van der Waals surface area contributed by atoms with E-state index in [4.69, 9.17) is 22.0 Å². The van der Waals surface area contributed by atoms with Gasteiger partial charge in [-0.25, -0.2) is 9.48 Å². The average Bonchev–Trinajstić information content (AvgIpc) is 2.78. The van der Waals surface area contributed by atoms with Crippen LogP contribution in [0, 0.1) is 11.3 Å². The predicted octanol–water partition coefficient (Wildman–Crippen LogP) is 2.10. The highest BCUT2D eigenvalue weighted by Crippen LogP contribution is 2.19. The van der Waals surface area contributed by atoms with Crippen LogP contribution in [0.3, 0.4) is 0 Å². The lowest BCUT2D eigenvalue weighted by Crippen LogP contribution is -1.96. The van der Waals surface area contributed by atoms with Crippen LogP contribution in [0.5, 0.6) is 0 Å². The Morgan fingerprint density at radius 1 is 1.53 bits per heavy atom. The number of aromatic carboxylic acids is 1. The topological polar surface area (TPSA) is 78.9 Å². The Morgan fingerprint density at radius 3 is 2.82 bits per heavy atom. The Morgan fingerprint density at radius 2 is 2.29 bits per heavy atom. The Labute approximate surface area is 101 Å². The van der Waals surface area contributed by atoms with E-state index in [0.29, 0.717) is 16.3 Å². The van der Waals surface area contributed by atoms with Crippen LogP contribution >= 0.6 is 11.6 Å². The number of rotatable bonds is 2. The molecule has 0 fully saturated rings. The molecule has 0 bridgehead atoms. The number of benzene rings is 1. The van der Waals surface area contributed by atoms with Crippen LogP contribution in [0.2, 0.25) is 5.02 Å². The lowest BCUT2D eigenvalue weighted by molar-refractivity contribution is 0.0697. The largest absolute Gasteiger partial charge is 0.478 e. The fraction of sp³-hybridized carbons (Fsp3) is 0. The first-order valence-electron chi connectivity index (χ1n) is 4.60. The van der Waals surface area contributed by atoms with Gasteiger partial charge in [0.1, 0.15) is 6.07 Å². The minimum absolute atomic E-state index is 0.0884. The van der Waals surface area contributed by atoms with Crippen LogP contribution in [0.15, 0.2) is 30.6 Å². The first-order valence-corrected chi connectivity index (χ1v) is 4.97. The number of hydrogen-bond donors (Lipinski definition) is 1. The normalized spacial score (nSPS) is 9.88. The van der Waals surface area contributed by atoms with E-state index < -0.39 is 5.97 Å². The Balaban J connectivity index is 2.43. The molecule has 0 atom stereocenters. The standard InChI is InChI=1S/C11H6ClN3O2/c12-10-3-9(2-1-7(10)4-13)15-6-8(5-14-15)11(16)17/h1-3,5-6H,(H,16,17). The zero-order chi connectivity index (χ0) is 12.4. The van der Waals surface area contributed by atoms with E-state index in [-0.39, 0.29) is 5.56 Å². The number of carboxylic acid groups (broad SMARTS) is 1. The maximum absolute atomic E-state index is 10.7. The predicted molar refractivity (Wildman–Crippen MR) is 60.2 cm³/mol. The van der Waals surface area contributed by atoms with Gasteiger partial charge in [-0.15, -0.1) is 0 Å². The van der Waals surface area contributed by atoms with Crippen molar-refractivity contribution in [2.24, 2.45) is 0 Å². The molecule has 1 aromatic carbocycles. The lowest BCUT2D eigenvalue weighted by Gasteiger charge is -2.02. The van der Waals surface area contributed by atoms with Crippen LogP contribution in [0.1, 0.15) is 15.9 Å². The highest BCUT2D eigenvalue weighted by atomic mass is 35.5. The van der Waals surface area contributed by atoms with Crippen molar-refractivity contribution >= 4 is 17.6 Å². The van der Waals surface area contributed by atoms with E-state index >= 15 is 0 Å². The van der Waals surface area contributed by atoms with Crippen LogP contribution in [0.4, 0.5) is 0 Å². The van der Waals surface area contributed by atoms with Gasteiger partial charge in [-0.05, 0) is 18.2 Å². The highest BCUT2D eigenvalue weighted by molar-refractivity contribution is 6.31. The first-order chi connectivity index (χ1) is 8.11. The van der Waals surface area contributed by atoms with Crippen molar-refractivity contribution in [3.63, 3.8) is 0 Å². The van der Waals surface area contributed by atoms with Crippen molar-refractivity contribution in [1.82, 2.24) is 9.78 Å². The number of carbonyl (C=O) groups is 1. The lowest BCUT2D eigenvalue weighted by atomic mass is 10.2. The van der Waals surface area contributed by atoms with Gasteiger partial charge >= 0.3 is 5.97 Å². The summed E-state index contributed by atoms with van der Waals surface area (Å²) in [5.41, 5.74) is 1.05. The van der Waals surface area contributed by atoms with Crippen molar-refractivity contribution in [1.29, 1.82) is 5.26 Å². The third-order valence-corrected chi connectivity index (χ3v) is 2.48. The van der Waals surface area contributed by atoms with E-state index in [1.165, 1.54) is 17.1 Å². The van der Waals surface area contributed by atoms with E-state index in [2.05, 4.69) is 5.10 Å². The van der Waals surface area contributed by atoms with Crippen molar-refractivity contribution in [2.45, 2.75) is 0 Å². The van der Waals surface area contributed by atoms with Crippen molar-refractivity contribution < 1.29 is 9.90 Å². The molecule has 2 rings (SSSR count). The smallest absolute Gasteiger partial charge is 0.338 e. The molecule has 17 heavy (non-hydrogen) atoms. The summed E-state index contributed by atoms with van der Waals surface area (Å²) in [7, 11) is 0. The second-order valence-corrected chi connectivity index (χ2v) is 3.66. The van der Waals surface area contributed by atoms with Crippen molar-refractivity contribution in [3.05, 3.63) is 46.7 Å². The van der Waals surface area contributed by atoms with E-state index in [0.717, 1.165) is 0 Å². The third-order valence-electron chi connectivity index (χ3n) is 2.17. The highest BCUT2D eigenvalue weighted by Gasteiger charge is 2.08. The van der Waals surface area contributed by atoms with Crippen LogP contribution in [0.25, 0.3) is 5.69 Å². The molecule has 1 aromatic heterocycles. The molecule has 0 aliphatic heterocycles. The van der Waals surface area contributed by atoms with Gasteiger partial charge in [0, 0.05) is 6.20 Å². The van der Waals surface area contributed by atoms with Gasteiger partial charge in [0.2, 0.25) is 0 Å². The molecule has 5 nitrogen and oxygen atoms in total. The molecule has 0 amide bonds. The SMILES string of the molecule is N#Cc1ccc(-n2cc(C(=O)O)cn2)cc1Cl. The second-order valence-electron chi connectivity index (χ2n) is 3.25. The molecule has 1 N–H and O–H groups in total. The summed E-state index contributed by atoms with van der Waals surface area (Å²) in [4.78, 5) is 10.7. The molecule has 0 aliphatic carbocycles. The van der Waals surface area contributed by atoms with Gasteiger partial charge in [0.15, 0.2) is 0 Å². The van der Waals surface area contributed by atoms with Gasteiger partial charge in [-0.2, -0.15) is 10.4 Å². The molecule has 1 heterocycles. The van der Waals surface area contributed by atoms with Crippen LogP contribution in [-0.4, -0.2) is 20.9 Å². The molecule has 0 unspecified atom stereocenters. The Hall–Kier alpha value is -2.32. The van der Waals surface area contributed by atoms with Crippen LogP contribution in [-0.2, 0) is 0 Å². The molecule has 84 valence electrons. The molecule has 0 saturated heterocycles. The number of aromatic nitrogens is 2. The molecule has 0 spiro atoms. The maximum Gasteiger partial charge on any atom is 0.338 e. The zero-order valence-corrected chi connectivity index (χ0v) is 9.22. The van der Waals surface area contributed by atoms with Crippen molar-refractivity contribution in [2.75, 3.05) is 0 Å². The fourth-order valence-corrected chi connectivity index (χ4v) is 1.53. The molecule has 2 aromatic rings. The second kappa shape index (κ2) is 4.28. The monoisotopic (exact) mass is 247 g/mol. The first kappa shape index (κ1) is 11.2. The Bertz CT molecular complexity index is 628. The number of carboxylic acids is 1. The summed E-state index contributed by atoms with van der Waals surface area (Å²) in [6.45, 7) is 0. The third kappa shape index (κ3) is 2.12. The number of hydrogen-bond acceptors (Lipinski definition) is 3. The summed E-state index contributed by atoms with van der Waals surface area (Å²) in [5, 5.41) is 21.7. The summed E-state index contributed by atoms with van der Waals surface area (Å²) in [5.74, 6) is -1.05. The van der Waals surface area contributed by atoms with E-state index in [1.807, 2.05) is 6.07 Å². The van der Waals surface area contributed by atoms with Gasteiger partial charge < -0.3 is 5.11 Å². The van der Waals surface area contributed by atoms with E-state index in [1.54, 1.807) is 18.2 Å². The summed E-state index contributed by atoms with van der Waals surface area (Å²) >= 11 is 5.87. The summed E-state index contributed by atoms with van der Waals surface area (Å²) in [6.07, 6.45) is 2.62. The summed E-state index contributed by atoms with van der Waals surface area (Å²) < 4.78 is 1.39. The van der Waals surface area contributed by atoms with Gasteiger partial charge in [0.25, 0.3) is 0 Å². The van der Waals surface area contributed by atoms with E-state index in [9.17, 15) is 4.79 Å². The van der Waals surface area contributed by atoms with Gasteiger partial charge in [-0.3, -0.25) is 0 Å². The number of nitriles is 1. The summed E-state index contributed by atoms with van der Waals surface area (Å²) in [6, 6.07) is 6.69. The van der Waals surface area contributed by atoms with Crippen molar-refractivity contribution in [3.8, 4) is 11.8 Å². The average molecular weight is 248 g/mol. The minimum atomic E-state index is -1.05. The van der Waals surface area contributed by atoms with Gasteiger partial charge in [0.05, 0.1) is 28.0 Å². The number of nitrogens with zero attached hydrogens (tertiary/aromatic N) is 3. The maximum atomic E-state index is 10.7. The number of halogens is 1. The Kier molecular flexibility index (Phi) is 2.81.